The largest absolute Gasteiger partial charge is 0.394 e. The minimum atomic E-state index is -0.498. The van der Waals surface area contributed by atoms with Gasteiger partial charge in [-0.3, -0.25) is 4.90 Å². The average molecular weight is 672 g/mol. The number of hydrogen-bond acceptors (Lipinski definition) is 13. The number of aliphatic hydroxyl groups is 3. The first-order chi connectivity index (χ1) is 21.8. The molecular formula is C33H69NO12. The van der Waals surface area contributed by atoms with Gasteiger partial charge in [-0.1, -0.05) is 0 Å². The Bertz CT molecular complexity index is 626. The lowest BCUT2D eigenvalue weighted by Gasteiger charge is -2.25. The van der Waals surface area contributed by atoms with Crippen LogP contribution in [0, 0.1) is 0 Å². The van der Waals surface area contributed by atoms with E-state index >= 15 is 0 Å². The third-order valence-electron chi connectivity index (χ3n) is 6.58. The lowest BCUT2D eigenvalue weighted by molar-refractivity contribution is -0.0792. The van der Waals surface area contributed by atoms with Crippen molar-refractivity contribution < 1.29 is 58.0 Å². The van der Waals surface area contributed by atoms with E-state index in [1.807, 2.05) is 48.5 Å². The van der Waals surface area contributed by atoms with Gasteiger partial charge in [-0.05, 0) is 62.3 Å². The summed E-state index contributed by atoms with van der Waals surface area (Å²) < 4.78 is 51.9. The van der Waals surface area contributed by atoms with Crippen LogP contribution in [-0.4, -0.2) is 174 Å². The lowest BCUT2D eigenvalue weighted by Crippen LogP contribution is -2.36. The molecule has 13 nitrogen and oxygen atoms in total. The molecule has 0 aliphatic rings. The third-order valence-corrected chi connectivity index (χ3v) is 6.58. The van der Waals surface area contributed by atoms with Gasteiger partial charge in [0.2, 0.25) is 0 Å². The number of nitrogens with zero attached hydrogens (tertiary/aromatic N) is 1. The molecule has 278 valence electrons. The number of rotatable bonds is 33. The molecule has 0 saturated heterocycles. The van der Waals surface area contributed by atoms with Gasteiger partial charge in [0.15, 0.2) is 0 Å². The molecule has 0 radical (unpaired) electrons. The highest BCUT2D eigenvalue weighted by Crippen LogP contribution is 2.03. The first kappa shape index (κ1) is 45.5. The maximum Gasteiger partial charge on any atom is 0.0781 e. The topological polar surface area (TPSA) is 147 Å². The highest BCUT2D eigenvalue weighted by Gasteiger charge is 2.13. The Morgan fingerprint density at radius 2 is 0.696 bits per heavy atom. The van der Waals surface area contributed by atoms with E-state index in [-0.39, 0.29) is 62.5 Å². The molecule has 0 aromatic carbocycles. The van der Waals surface area contributed by atoms with Crippen molar-refractivity contribution in [3.63, 3.8) is 0 Å². The Balaban J connectivity index is 4.52. The highest BCUT2D eigenvalue weighted by atomic mass is 16.6. The molecule has 0 rings (SSSR count). The van der Waals surface area contributed by atoms with E-state index in [2.05, 4.69) is 4.90 Å². The predicted molar refractivity (Wildman–Crippen MR) is 176 cm³/mol. The van der Waals surface area contributed by atoms with E-state index in [1.165, 1.54) is 0 Å². The van der Waals surface area contributed by atoms with Crippen LogP contribution in [0.25, 0.3) is 0 Å². The van der Waals surface area contributed by atoms with E-state index in [9.17, 15) is 10.2 Å². The zero-order valence-electron chi connectivity index (χ0n) is 30.3. The zero-order chi connectivity index (χ0) is 34.7. The molecule has 0 aliphatic heterocycles. The number of hydrogen-bond donors (Lipinski definition) is 3. The van der Waals surface area contributed by atoms with Crippen LogP contribution in [0.15, 0.2) is 0 Å². The normalized spacial score (nSPS) is 18.2. The van der Waals surface area contributed by atoms with Gasteiger partial charge in [0, 0.05) is 19.6 Å². The van der Waals surface area contributed by atoms with Crippen LogP contribution in [0.4, 0.5) is 0 Å². The van der Waals surface area contributed by atoms with Crippen LogP contribution in [0.3, 0.4) is 0 Å². The molecule has 0 spiro atoms. The quantitative estimate of drug-likeness (QED) is 0.0874. The van der Waals surface area contributed by atoms with Crippen molar-refractivity contribution in [2.45, 2.75) is 117 Å². The van der Waals surface area contributed by atoms with Crippen LogP contribution >= 0.6 is 0 Å². The molecule has 13 heteroatoms. The molecule has 3 N–H and O–H groups in total. The molecule has 0 heterocycles. The van der Waals surface area contributed by atoms with Gasteiger partial charge >= 0.3 is 0 Å². The Morgan fingerprint density at radius 1 is 0.391 bits per heavy atom. The van der Waals surface area contributed by atoms with Gasteiger partial charge in [0.1, 0.15) is 0 Å². The zero-order valence-corrected chi connectivity index (χ0v) is 30.3. The molecular weight excluding hydrogens is 602 g/mol. The monoisotopic (exact) mass is 671 g/mol. The summed E-state index contributed by atoms with van der Waals surface area (Å²) >= 11 is 0. The highest BCUT2D eigenvalue weighted by molar-refractivity contribution is 4.61. The first-order valence-corrected chi connectivity index (χ1v) is 17.0. The van der Waals surface area contributed by atoms with Crippen molar-refractivity contribution in [1.82, 2.24) is 4.90 Å². The SMILES string of the molecule is CC(O)COC(C)COC(C)COCCN(CCOCC(C)OCC(C)OCC(C)O)CCOC(C)COC(C)COC(C)CO. The van der Waals surface area contributed by atoms with E-state index in [4.69, 9.17) is 47.7 Å². The van der Waals surface area contributed by atoms with Crippen molar-refractivity contribution in [3.8, 4) is 0 Å². The average Bonchev–Trinajstić information content (AvgIpc) is 3.01. The van der Waals surface area contributed by atoms with Crippen LogP contribution in [-0.2, 0) is 42.6 Å². The fourth-order valence-electron chi connectivity index (χ4n) is 3.75. The number of ether oxygens (including phenoxy) is 9. The van der Waals surface area contributed by atoms with E-state index < -0.39 is 12.2 Å². The number of aliphatic hydroxyl groups excluding tert-OH is 3. The molecule has 0 saturated carbocycles. The molecule has 0 aliphatic carbocycles. The molecule has 9 unspecified atom stereocenters. The van der Waals surface area contributed by atoms with Crippen molar-refractivity contribution >= 4 is 0 Å². The fraction of sp³-hybridized carbons (Fsp3) is 1.00. The van der Waals surface area contributed by atoms with Gasteiger partial charge in [-0.15, -0.1) is 0 Å². The summed E-state index contributed by atoms with van der Waals surface area (Å²) in [5.74, 6) is 0. The van der Waals surface area contributed by atoms with Crippen molar-refractivity contribution in [1.29, 1.82) is 0 Å². The molecule has 0 aromatic rings. The van der Waals surface area contributed by atoms with E-state index in [0.29, 0.717) is 79.1 Å². The van der Waals surface area contributed by atoms with Crippen molar-refractivity contribution in [2.75, 3.05) is 98.9 Å². The van der Waals surface area contributed by atoms with Gasteiger partial charge in [-0.25, -0.2) is 0 Å². The first-order valence-electron chi connectivity index (χ1n) is 17.0. The molecule has 0 bridgehead atoms. The molecule has 0 aromatic heterocycles. The molecule has 0 amide bonds. The Labute approximate surface area is 279 Å². The smallest absolute Gasteiger partial charge is 0.0781 e. The summed E-state index contributed by atoms with van der Waals surface area (Å²) in [6.45, 7) is 23.8. The van der Waals surface area contributed by atoms with Gasteiger partial charge < -0.3 is 58.0 Å². The Kier molecular flexibility index (Phi) is 29.1. The summed E-state index contributed by atoms with van der Waals surface area (Å²) in [6.07, 6.45) is -1.76. The van der Waals surface area contributed by atoms with Crippen LogP contribution < -0.4 is 0 Å². The predicted octanol–water partition coefficient (Wildman–Crippen LogP) is 1.91. The fourth-order valence-corrected chi connectivity index (χ4v) is 3.75. The maximum absolute atomic E-state index is 9.36. The maximum atomic E-state index is 9.36. The second-order valence-electron chi connectivity index (χ2n) is 12.4. The summed E-state index contributed by atoms with van der Waals surface area (Å²) in [4.78, 5) is 2.25. The van der Waals surface area contributed by atoms with Crippen LogP contribution in [0.1, 0.15) is 62.3 Å². The third kappa shape index (κ3) is 29.6. The summed E-state index contributed by atoms with van der Waals surface area (Å²) in [5, 5.41) is 27.8. The molecule has 46 heavy (non-hydrogen) atoms. The van der Waals surface area contributed by atoms with Gasteiger partial charge in [0.05, 0.1) is 134 Å². The van der Waals surface area contributed by atoms with Gasteiger partial charge in [-0.2, -0.15) is 0 Å². The lowest BCUT2D eigenvalue weighted by atomic mass is 10.4. The second kappa shape index (κ2) is 29.4. The minimum Gasteiger partial charge on any atom is -0.394 e. The Morgan fingerprint density at radius 3 is 1.07 bits per heavy atom. The van der Waals surface area contributed by atoms with Gasteiger partial charge in [0.25, 0.3) is 0 Å². The van der Waals surface area contributed by atoms with Crippen molar-refractivity contribution in [2.24, 2.45) is 0 Å². The minimum absolute atomic E-state index is 0.0149. The molecule has 0 fully saturated rings. The van der Waals surface area contributed by atoms with Crippen LogP contribution in [0.5, 0.6) is 0 Å². The summed E-state index contributed by atoms with van der Waals surface area (Å²) in [7, 11) is 0. The Hall–Kier alpha value is -0.520. The summed E-state index contributed by atoms with van der Waals surface area (Å²) in [5.41, 5.74) is 0. The standard InChI is InChI=1S/C33H69NO12/c1-25(36)17-41-31(7)23-44-28(4)19-38-13-10-34(11-14-39-20-29(5)45-24-32(8)42-18-26(2)37)12-15-40-30(6)21-46-33(9)22-43-27(3)16-35/h25-33,35-37H,10-24H2,1-9H3. The van der Waals surface area contributed by atoms with Crippen LogP contribution in [0.2, 0.25) is 0 Å². The van der Waals surface area contributed by atoms with E-state index in [0.717, 1.165) is 0 Å². The second-order valence-corrected chi connectivity index (χ2v) is 12.4. The summed E-state index contributed by atoms with van der Waals surface area (Å²) in [6, 6.07) is 0. The van der Waals surface area contributed by atoms with E-state index in [1.54, 1.807) is 13.8 Å². The van der Waals surface area contributed by atoms with Crippen molar-refractivity contribution in [3.05, 3.63) is 0 Å². The molecule has 9 atom stereocenters.